The molecule has 1 aromatic heterocycles. The summed E-state index contributed by atoms with van der Waals surface area (Å²) < 4.78 is 5.86. The van der Waals surface area contributed by atoms with E-state index in [0.717, 1.165) is 32.3 Å². The van der Waals surface area contributed by atoms with Gasteiger partial charge in [0.2, 0.25) is 0 Å². The predicted molar refractivity (Wildman–Crippen MR) is 125 cm³/mol. The quantitative estimate of drug-likeness (QED) is 0.311. The van der Waals surface area contributed by atoms with Crippen LogP contribution in [0.4, 0.5) is 0 Å². The molecule has 0 saturated carbocycles. The predicted octanol–water partition coefficient (Wildman–Crippen LogP) is 6.99. The summed E-state index contributed by atoms with van der Waals surface area (Å²) in [6.07, 6.45) is 1.91. The summed E-state index contributed by atoms with van der Waals surface area (Å²) in [6, 6.07) is 23.8. The lowest BCUT2D eigenvalue weighted by atomic mass is 10.2. The lowest BCUT2D eigenvalue weighted by molar-refractivity contribution is 0.306. The van der Waals surface area contributed by atoms with Crippen molar-refractivity contribution in [3.63, 3.8) is 0 Å². The number of nitrogens with zero attached hydrogens (tertiary/aromatic N) is 1. The maximum absolute atomic E-state index is 6.22. The molecule has 3 aromatic carbocycles. The highest BCUT2D eigenvalue weighted by Gasteiger charge is 2.06. The van der Waals surface area contributed by atoms with Crippen molar-refractivity contribution in [2.24, 2.45) is 0 Å². The molecule has 0 spiro atoms. The number of hydrogen-bond acceptors (Lipinski definition) is 4. The first kappa shape index (κ1) is 20.9. The van der Waals surface area contributed by atoms with E-state index in [1.54, 1.807) is 17.4 Å². The van der Waals surface area contributed by atoms with Crippen LogP contribution in [0.5, 0.6) is 5.75 Å². The normalized spacial score (nSPS) is 10.9. The number of nitrogens with one attached hydrogen (secondary N) is 1. The van der Waals surface area contributed by atoms with Gasteiger partial charge in [0, 0.05) is 29.3 Å². The van der Waals surface area contributed by atoms with Crippen molar-refractivity contribution in [3.05, 3.63) is 105 Å². The summed E-state index contributed by atoms with van der Waals surface area (Å²) in [5.74, 6) is 0.855. The molecule has 0 aliphatic rings. The molecule has 30 heavy (non-hydrogen) atoms. The van der Waals surface area contributed by atoms with Gasteiger partial charge in [-0.15, -0.1) is 11.3 Å². The van der Waals surface area contributed by atoms with Gasteiger partial charge in [-0.05, 0) is 53.1 Å². The average Bonchev–Trinajstić information content (AvgIpc) is 3.24. The van der Waals surface area contributed by atoms with E-state index in [9.17, 15) is 0 Å². The molecule has 4 rings (SSSR count). The van der Waals surface area contributed by atoms with Gasteiger partial charge in [0.15, 0.2) is 0 Å². The van der Waals surface area contributed by atoms with Crippen molar-refractivity contribution >= 4 is 34.5 Å². The minimum atomic E-state index is 0.564. The Labute approximate surface area is 190 Å². The van der Waals surface area contributed by atoms with Crippen molar-refractivity contribution in [2.45, 2.75) is 19.7 Å². The van der Waals surface area contributed by atoms with E-state index in [1.807, 2.05) is 48.7 Å². The molecule has 0 aliphatic carbocycles. The minimum Gasteiger partial charge on any atom is -0.489 e. The summed E-state index contributed by atoms with van der Waals surface area (Å²) in [6.45, 7) is 1.91. The molecule has 0 amide bonds. The molecule has 3 nitrogen and oxygen atoms in total. The third kappa shape index (κ3) is 5.61. The first-order chi connectivity index (χ1) is 14.7. The van der Waals surface area contributed by atoms with Crippen LogP contribution in [0.1, 0.15) is 16.1 Å². The highest BCUT2D eigenvalue weighted by atomic mass is 35.5. The van der Waals surface area contributed by atoms with Crippen LogP contribution in [0.25, 0.3) is 10.4 Å². The second kappa shape index (κ2) is 10.1. The largest absolute Gasteiger partial charge is 0.489 e. The van der Waals surface area contributed by atoms with Gasteiger partial charge in [0.1, 0.15) is 17.4 Å². The molecule has 0 bridgehead atoms. The van der Waals surface area contributed by atoms with Crippen molar-refractivity contribution in [2.75, 3.05) is 0 Å². The van der Waals surface area contributed by atoms with E-state index in [0.29, 0.717) is 29.7 Å². The van der Waals surface area contributed by atoms with E-state index in [4.69, 9.17) is 27.9 Å². The SMILES string of the molecule is Clc1ccc(CNCc2ncc(-c3ccc(OCc4ccccc4)cc3)s2)c(Cl)c1. The van der Waals surface area contributed by atoms with E-state index in [-0.39, 0.29) is 0 Å². The van der Waals surface area contributed by atoms with Crippen molar-refractivity contribution in [3.8, 4) is 16.2 Å². The van der Waals surface area contributed by atoms with Crippen molar-refractivity contribution in [1.82, 2.24) is 10.3 Å². The zero-order valence-electron chi connectivity index (χ0n) is 16.1. The zero-order chi connectivity index (χ0) is 20.8. The van der Waals surface area contributed by atoms with Crippen LogP contribution >= 0.6 is 34.5 Å². The van der Waals surface area contributed by atoms with Crippen LogP contribution in [0.15, 0.2) is 79.0 Å². The molecule has 1 heterocycles. The molecule has 0 aliphatic heterocycles. The Morgan fingerprint density at radius 2 is 1.70 bits per heavy atom. The van der Waals surface area contributed by atoms with Crippen LogP contribution in [-0.4, -0.2) is 4.98 Å². The Morgan fingerprint density at radius 1 is 0.900 bits per heavy atom. The molecule has 0 fully saturated rings. The van der Waals surface area contributed by atoms with Crippen LogP contribution < -0.4 is 10.1 Å². The van der Waals surface area contributed by atoms with Crippen molar-refractivity contribution < 1.29 is 4.74 Å². The van der Waals surface area contributed by atoms with Crippen molar-refractivity contribution in [1.29, 1.82) is 0 Å². The standard InChI is InChI=1S/C24H20Cl2N2OS/c25-20-9-6-19(22(26)12-20)13-27-15-24-28-14-23(30-24)18-7-10-21(11-8-18)29-16-17-4-2-1-3-5-17/h1-12,14,27H,13,15-16H2. The van der Waals surface area contributed by atoms with Gasteiger partial charge in [0.25, 0.3) is 0 Å². The molecular weight excluding hydrogens is 435 g/mol. The molecule has 1 N–H and O–H groups in total. The Morgan fingerprint density at radius 3 is 2.47 bits per heavy atom. The highest BCUT2D eigenvalue weighted by molar-refractivity contribution is 7.15. The number of aromatic nitrogens is 1. The lowest BCUT2D eigenvalue weighted by Gasteiger charge is -2.07. The van der Waals surface area contributed by atoms with Gasteiger partial charge < -0.3 is 10.1 Å². The first-order valence-corrected chi connectivity index (χ1v) is 11.1. The molecule has 152 valence electrons. The fraction of sp³-hybridized carbons (Fsp3) is 0.125. The number of ether oxygens (including phenoxy) is 1. The molecule has 6 heteroatoms. The van der Waals surface area contributed by atoms with Gasteiger partial charge in [-0.25, -0.2) is 4.98 Å². The van der Waals surface area contributed by atoms with E-state index >= 15 is 0 Å². The Hall–Kier alpha value is -2.37. The molecule has 0 radical (unpaired) electrons. The Bertz CT molecular complexity index is 1100. The van der Waals surface area contributed by atoms with Crippen LogP contribution in [0, 0.1) is 0 Å². The topological polar surface area (TPSA) is 34.2 Å². The first-order valence-electron chi connectivity index (χ1n) is 9.54. The number of halogens is 2. The maximum atomic E-state index is 6.22. The van der Waals surface area contributed by atoms with Crippen LogP contribution in [0.2, 0.25) is 10.0 Å². The van der Waals surface area contributed by atoms with Gasteiger partial charge >= 0.3 is 0 Å². The minimum absolute atomic E-state index is 0.564. The fourth-order valence-electron chi connectivity index (χ4n) is 2.95. The third-order valence-corrected chi connectivity index (χ3v) is 6.18. The second-order valence-corrected chi connectivity index (χ2v) is 8.72. The third-order valence-electron chi connectivity index (χ3n) is 4.55. The zero-order valence-corrected chi connectivity index (χ0v) is 18.5. The molecule has 0 saturated heterocycles. The molecule has 4 aromatic rings. The number of rotatable bonds is 8. The van der Waals surface area contributed by atoms with Gasteiger partial charge in [-0.2, -0.15) is 0 Å². The smallest absolute Gasteiger partial charge is 0.119 e. The second-order valence-electron chi connectivity index (χ2n) is 6.76. The summed E-state index contributed by atoms with van der Waals surface area (Å²) in [5, 5.41) is 5.73. The summed E-state index contributed by atoms with van der Waals surface area (Å²) in [7, 11) is 0. The van der Waals surface area contributed by atoms with Gasteiger partial charge in [-0.1, -0.05) is 59.6 Å². The summed E-state index contributed by atoms with van der Waals surface area (Å²) >= 11 is 13.8. The van der Waals surface area contributed by atoms with Gasteiger partial charge in [-0.3, -0.25) is 0 Å². The van der Waals surface area contributed by atoms with E-state index < -0.39 is 0 Å². The molecule has 0 atom stereocenters. The molecular formula is C24H20Cl2N2OS. The maximum Gasteiger partial charge on any atom is 0.119 e. The van der Waals surface area contributed by atoms with E-state index in [2.05, 4.69) is 34.6 Å². The molecule has 0 unspecified atom stereocenters. The number of hydrogen-bond donors (Lipinski definition) is 1. The van der Waals surface area contributed by atoms with Gasteiger partial charge in [0.05, 0.1) is 4.88 Å². The Kier molecular flexibility index (Phi) is 7.03. The Balaban J connectivity index is 1.31. The summed E-state index contributed by atoms with van der Waals surface area (Å²) in [5.41, 5.74) is 3.30. The average molecular weight is 455 g/mol. The van der Waals surface area contributed by atoms with Crippen LogP contribution in [-0.2, 0) is 19.7 Å². The summed E-state index contributed by atoms with van der Waals surface area (Å²) in [4.78, 5) is 5.66. The number of benzene rings is 3. The highest BCUT2D eigenvalue weighted by Crippen LogP contribution is 2.28. The lowest BCUT2D eigenvalue weighted by Crippen LogP contribution is -2.12. The van der Waals surface area contributed by atoms with Crippen LogP contribution in [0.3, 0.4) is 0 Å². The van der Waals surface area contributed by atoms with E-state index in [1.165, 1.54) is 0 Å². The monoisotopic (exact) mass is 454 g/mol. The fourth-order valence-corrected chi connectivity index (χ4v) is 4.32. The number of thiazole rings is 1.